The number of carbonyl (C=O) groups is 1. The zero-order valence-electron chi connectivity index (χ0n) is 9.77. The number of nitrogens with one attached hydrogen (secondary N) is 1. The Balaban J connectivity index is 3.01. The van der Waals surface area contributed by atoms with Crippen molar-refractivity contribution in [1.82, 2.24) is 0 Å². The molecule has 18 heavy (non-hydrogen) atoms. The third-order valence-corrected chi connectivity index (χ3v) is 3.04. The predicted molar refractivity (Wildman–Crippen MR) is 67.7 cm³/mol. The number of anilines is 1. The van der Waals surface area contributed by atoms with Crippen molar-refractivity contribution in [3.05, 3.63) is 28.3 Å². The van der Waals surface area contributed by atoms with Gasteiger partial charge < -0.3 is 15.5 Å². The van der Waals surface area contributed by atoms with Crippen molar-refractivity contribution < 1.29 is 15.0 Å². The Morgan fingerprint density at radius 2 is 2.28 bits per heavy atom. The molecule has 3 N–H and O–H groups in total. The van der Waals surface area contributed by atoms with Gasteiger partial charge in [0.25, 0.3) is 0 Å². The largest absolute Gasteiger partial charge is 0.480 e. The highest BCUT2D eigenvalue weighted by atomic mass is 35.5. The third-order valence-electron chi connectivity index (χ3n) is 2.55. The summed E-state index contributed by atoms with van der Waals surface area (Å²) in [6.07, 6.45) is 0.0897. The van der Waals surface area contributed by atoms with Gasteiger partial charge in [-0.1, -0.05) is 11.6 Å². The summed E-state index contributed by atoms with van der Waals surface area (Å²) >= 11 is 5.98. The molecule has 0 saturated heterocycles. The van der Waals surface area contributed by atoms with Crippen LogP contribution in [0, 0.1) is 18.3 Å². The van der Waals surface area contributed by atoms with Gasteiger partial charge in [-0.05, 0) is 24.6 Å². The van der Waals surface area contributed by atoms with Gasteiger partial charge in [0.15, 0.2) is 0 Å². The molecule has 0 saturated carbocycles. The first kappa shape index (κ1) is 14.3. The maximum Gasteiger partial charge on any atom is 0.326 e. The van der Waals surface area contributed by atoms with Crippen LogP contribution in [0.5, 0.6) is 0 Å². The number of carboxylic acid groups (broad SMARTS) is 1. The van der Waals surface area contributed by atoms with Crippen molar-refractivity contribution in [2.45, 2.75) is 19.4 Å². The number of carboxylic acids is 1. The molecular weight excluding hydrogens is 256 g/mol. The van der Waals surface area contributed by atoms with Crippen molar-refractivity contribution in [1.29, 1.82) is 5.26 Å². The molecule has 1 unspecified atom stereocenters. The van der Waals surface area contributed by atoms with E-state index >= 15 is 0 Å². The Hall–Kier alpha value is -1.77. The van der Waals surface area contributed by atoms with Gasteiger partial charge in [0.05, 0.1) is 10.6 Å². The predicted octanol–water partition coefficient (Wildman–Crippen LogP) is 1.77. The molecule has 0 radical (unpaired) electrons. The van der Waals surface area contributed by atoms with Gasteiger partial charge in [0.2, 0.25) is 0 Å². The molecule has 96 valence electrons. The maximum absolute atomic E-state index is 11.0. The number of hydrogen-bond donors (Lipinski definition) is 3. The Labute approximate surface area is 110 Å². The van der Waals surface area contributed by atoms with Crippen molar-refractivity contribution in [3.63, 3.8) is 0 Å². The molecule has 1 aromatic carbocycles. The summed E-state index contributed by atoms with van der Waals surface area (Å²) < 4.78 is 0. The van der Waals surface area contributed by atoms with E-state index in [0.29, 0.717) is 21.8 Å². The van der Waals surface area contributed by atoms with E-state index in [9.17, 15) is 4.79 Å². The number of rotatable bonds is 5. The lowest BCUT2D eigenvalue weighted by Crippen LogP contribution is -2.30. The number of benzene rings is 1. The van der Waals surface area contributed by atoms with Gasteiger partial charge in [0, 0.05) is 18.7 Å². The van der Waals surface area contributed by atoms with Gasteiger partial charge in [-0.15, -0.1) is 0 Å². The third kappa shape index (κ3) is 3.13. The second-order valence-corrected chi connectivity index (χ2v) is 4.14. The van der Waals surface area contributed by atoms with E-state index in [-0.39, 0.29) is 13.0 Å². The molecule has 0 fully saturated rings. The number of halogens is 1. The molecule has 0 aliphatic carbocycles. The zero-order chi connectivity index (χ0) is 13.7. The minimum atomic E-state index is -1.05. The first-order valence-corrected chi connectivity index (χ1v) is 5.68. The van der Waals surface area contributed by atoms with Crippen LogP contribution in [0.2, 0.25) is 5.02 Å². The van der Waals surface area contributed by atoms with E-state index in [4.69, 9.17) is 27.1 Å². The van der Waals surface area contributed by atoms with Crippen LogP contribution in [-0.2, 0) is 4.79 Å². The van der Waals surface area contributed by atoms with Crippen molar-refractivity contribution in [2.24, 2.45) is 0 Å². The van der Waals surface area contributed by atoms with Gasteiger partial charge in [0.1, 0.15) is 12.1 Å². The van der Waals surface area contributed by atoms with Gasteiger partial charge in [-0.25, -0.2) is 4.79 Å². The molecule has 1 aromatic rings. The van der Waals surface area contributed by atoms with Gasteiger partial charge in [-0.2, -0.15) is 5.26 Å². The zero-order valence-corrected chi connectivity index (χ0v) is 10.5. The number of nitrogens with zero attached hydrogens (tertiary/aromatic N) is 1. The summed E-state index contributed by atoms with van der Waals surface area (Å²) in [5.41, 5.74) is 1.49. The van der Waals surface area contributed by atoms with E-state index < -0.39 is 12.0 Å². The molecular formula is C12H13ClN2O3. The lowest BCUT2D eigenvalue weighted by molar-refractivity contribution is -0.138. The summed E-state index contributed by atoms with van der Waals surface area (Å²) in [5.74, 6) is -1.05. The van der Waals surface area contributed by atoms with Crippen LogP contribution in [0.15, 0.2) is 12.1 Å². The van der Waals surface area contributed by atoms with Crippen LogP contribution in [0.4, 0.5) is 5.69 Å². The summed E-state index contributed by atoms with van der Waals surface area (Å²) in [6.45, 7) is 1.47. The van der Waals surface area contributed by atoms with E-state index in [1.165, 1.54) is 6.07 Å². The highest BCUT2D eigenvalue weighted by Crippen LogP contribution is 2.27. The fourth-order valence-corrected chi connectivity index (χ4v) is 1.71. The standard InChI is InChI=1S/C12H13ClN2O3/c1-7-9(3-2-8(6-14)11(7)13)15-10(4-5-16)12(17)18/h2-3,10,15-16H,4-5H2,1H3,(H,17,18). The van der Waals surface area contributed by atoms with E-state index in [0.717, 1.165) is 0 Å². The van der Waals surface area contributed by atoms with Crippen molar-refractivity contribution in [3.8, 4) is 6.07 Å². The Morgan fingerprint density at radius 1 is 1.61 bits per heavy atom. The Bertz CT molecular complexity index is 497. The summed E-state index contributed by atoms with van der Waals surface area (Å²) in [4.78, 5) is 11.0. The molecule has 5 nitrogen and oxygen atoms in total. The molecule has 0 spiro atoms. The number of aliphatic hydroxyl groups is 1. The molecule has 0 aliphatic rings. The number of nitriles is 1. The van der Waals surface area contributed by atoms with Crippen LogP contribution in [-0.4, -0.2) is 28.8 Å². The van der Waals surface area contributed by atoms with E-state index in [1.54, 1.807) is 13.0 Å². The molecule has 6 heteroatoms. The smallest absolute Gasteiger partial charge is 0.326 e. The van der Waals surface area contributed by atoms with Crippen LogP contribution in [0.1, 0.15) is 17.5 Å². The van der Waals surface area contributed by atoms with Crippen molar-refractivity contribution >= 4 is 23.3 Å². The molecule has 1 rings (SSSR count). The monoisotopic (exact) mass is 268 g/mol. The quantitative estimate of drug-likeness (QED) is 0.757. The topological polar surface area (TPSA) is 93.3 Å². The lowest BCUT2D eigenvalue weighted by Gasteiger charge is -2.17. The first-order chi connectivity index (χ1) is 8.51. The second-order valence-electron chi connectivity index (χ2n) is 3.76. The Kier molecular flexibility index (Phi) is 4.95. The fourth-order valence-electron chi connectivity index (χ4n) is 1.50. The van der Waals surface area contributed by atoms with E-state index in [1.807, 2.05) is 6.07 Å². The highest BCUT2D eigenvalue weighted by molar-refractivity contribution is 6.32. The van der Waals surface area contributed by atoms with Crippen LogP contribution in [0.3, 0.4) is 0 Å². The summed E-state index contributed by atoms with van der Waals surface area (Å²) in [6, 6.07) is 4.19. The Morgan fingerprint density at radius 3 is 2.78 bits per heavy atom. The normalized spacial score (nSPS) is 11.7. The minimum Gasteiger partial charge on any atom is -0.480 e. The molecule has 1 atom stereocenters. The van der Waals surface area contributed by atoms with Crippen LogP contribution in [0.25, 0.3) is 0 Å². The second kappa shape index (κ2) is 6.24. The first-order valence-electron chi connectivity index (χ1n) is 5.30. The summed E-state index contributed by atoms with van der Waals surface area (Å²) in [7, 11) is 0. The summed E-state index contributed by atoms with van der Waals surface area (Å²) in [5, 5.41) is 29.7. The maximum atomic E-state index is 11.0. The van der Waals surface area contributed by atoms with E-state index in [2.05, 4.69) is 5.32 Å². The van der Waals surface area contributed by atoms with Crippen LogP contribution < -0.4 is 5.32 Å². The van der Waals surface area contributed by atoms with Crippen LogP contribution >= 0.6 is 11.6 Å². The average Bonchev–Trinajstić information content (AvgIpc) is 2.34. The number of aliphatic carboxylic acids is 1. The molecule has 0 amide bonds. The highest BCUT2D eigenvalue weighted by Gasteiger charge is 2.18. The molecule has 0 heterocycles. The molecule has 0 aliphatic heterocycles. The SMILES string of the molecule is Cc1c(NC(CCO)C(=O)O)ccc(C#N)c1Cl. The fraction of sp³-hybridized carbons (Fsp3) is 0.333. The number of aliphatic hydroxyl groups excluding tert-OH is 1. The van der Waals surface area contributed by atoms with Crippen molar-refractivity contribution in [2.75, 3.05) is 11.9 Å². The van der Waals surface area contributed by atoms with Gasteiger partial charge >= 0.3 is 5.97 Å². The average molecular weight is 269 g/mol. The lowest BCUT2D eigenvalue weighted by atomic mass is 10.1. The minimum absolute atomic E-state index is 0.0897. The number of hydrogen-bond acceptors (Lipinski definition) is 4. The van der Waals surface area contributed by atoms with Gasteiger partial charge in [-0.3, -0.25) is 0 Å². The molecule has 0 bridgehead atoms. The molecule has 0 aromatic heterocycles.